The number of anilines is 2. The summed E-state index contributed by atoms with van der Waals surface area (Å²) in [5.74, 6) is -0.344. The van der Waals surface area contributed by atoms with Crippen LogP contribution in [0.15, 0.2) is 28.4 Å². The van der Waals surface area contributed by atoms with Gasteiger partial charge in [0.05, 0.1) is 51.6 Å². The first-order valence-corrected chi connectivity index (χ1v) is 11.5. The van der Waals surface area contributed by atoms with Crippen molar-refractivity contribution < 1.29 is 9.59 Å². The van der Waals surface area contributed by atoms with Gasteiger partial charge in [-0.2, -0.15) is 5.10 Å². The Morgan fingerprint density at radius 2 is 2.13 bits per heavy atom. The van der Waals surface area contributed by atoms with Crippen LogP contribution in [-0.4, -0.2) is 50.4 Å². The average Bonchev–Trinajstić information content (AvgIpc) is 3.25. The molecule has 158 valence electrons. The molecule has 4 heterocycles. The van der Waals surface area contributed by atoms with Crippen molar-refractivity contribution in [3.05, 3.63) is 39.7 Å². The van der Waals surface area contributed by atoms with E-state index in [2.05, 4.69) is 48.5 Å². The van der Waals surface area contributed by atoms with Crippen molar-refractivity contribution in [1.29, 1.82) is 0 Å². The molecule has 1 atom stereocenters. The van der Waals surface area contributed by atoms with Gasteiger partial charge in [-0.3, -0.25) is 19.5 Å². The maximum absolute atomic E-state index is 12.8. The number of likely N-dealkylation sites (tertiary alicyclic amines) is 1. The monoisotopic (exact) mass is 490 g/mol. The molecule has 2 N–H and O–H groups in total. The molecule has 3 aromatic heterocycles. The minimum absolute atomic E-state index is 0.0755. The summed E-state index contributed by atoms with van der Waals surface area (Å²) in [6, 6.07) is 2.16. The molecule has 1 unspecified atom stereocenters. The van der Waals surface area contributed by atoms with Crippen LogP contribution in [-0.2, 0) is 4.79 Å². The highest BCUT2D eigenvalue weighted by Gasteiger charge is 2.21. The lowest BCUT2D eigenvalue weighted by atomic mass is 10.0. The van der Waals surface area contributed by atoms with Gasteiger partial charge in [-0.15, -0.1) is 11.3 Å². The van der Waals surface area contributed by atoms with Gasteiger partial charge < -0.3 is 10.6 Å². The number of aromatic nitrogens is 3. The van der Waals surface area contributed by atoms with E-state index in [1.165, 1.54) is 17.8 Å². The summed E-state index contributed by atoms with van der Waals surface area (Å²) < 4.78 is 2.55. The number of amides is 2. The lowest BCUT2D eigenvalue weighted by Crippen LogP contribution is -2.42. The van der Waals surface area contributed by atoms with E-state index in [0.717, 1.165) is 28.0 Å². The molecule has 0 spiro atoms. The Hall–Kier alpha value is -2.30. The van der Waals surface area contributed by atoms with Gasteiger partial charge in [0.15, 0.2) is 0 Å². The van der Waals surface area contributed by atoms with Crippen molar-refractivity contribution in [3.8, 4) is 0 Å². The number of fused-ring (bicyclic) bond motifs is 1. The fourth-order valence-corrected chi connectivity index (χ4v) is 5.05. The van der Waals surface area contributed by atoms with Gasteiger partial charge in [0.2, 0.25) is 5.91 Å². The second kappa shape index (κ2) is 8.83. The van der Waals surface area contributed by atoms with E-state index < -0.39 is 0 Å². The number of nitrogens with zero attached hydrogens (tertiary/aromatic N) is 4. The lowest BCUT2D eigenvalue weighted by Gasteiger charge is -2.32. The fraction of sp³-hybridized carbons (Fsp3) is 0.400. The first-order chi connectivity index (χ1) is 14.4. The predicted molar refractivity (Wildman–Crippen MR) is 121 cm³/mol. The summed E-state index contributed by atoms with van der Waals surface area (Å²) in [5.41, 5.74) is 2.27. The van der Waals surface area contributed by atoms with Gasteiger partial charge >= 0.3 is 0 Å². The molecule has 0 bridgehead atoms. The smallest absolute Gasteiger partial charge is 0.260 e. The number of piperidine rings is 1. The molecule has 8 nitrogen and oxygen atoms in total. The van der Waals surface area contributed by atoms with Crippen LogP contribution in [0.2, 0.25) is 0 Å². The van der Waals surface area contributed by atoms with Gasteiger partial charge in [-0.1, -0.05) is 6.42 Å². The van der Waals surface area contributed by atoms with E-state index in [1.807, 2.05) is 13.1 Å². The minimum Gasteiger partial charge on any atom is -0.324 e. The Kier molecular flexibility index (Phi) is 6.16. The Labute approximate surface area is 186 Å². The van der Waals surface area contributed by atoms with E-state index in [-0.39, 0.29) is 11.8 Å². The highest BCUT2D eigenvalue weighted by atomic mass is 79.9. The van der Waals surface area contributed by atoms with Crippen molar-refractivity contribution in [2.75, 3.05) is 23.7 Å². The summed E-state index contributed by atoms with van der Waals surface area (Å²) in [5, 5.41) is 10.00. The topological polar surface area (TPSA) is 91.6 Å². The molecule has 3 aromatic rings. The highest BCUT2D eigenvalue weighted by Crippen LogP contribution is 2.27. The van der Waals surface area contributed by atoms with Gasteiger partial charge in [-0.05, 0) is 55.2 Å². The number of rotatable bonds is 5. The maximum Gasteiger partial charge on any atom is 0.260 e. The van der Waals surface area contributed by atoms with Crippen molar-refractivity contribution in [2.24, 2.45) is 0 Å². The molecule has 10 heteroatoms. The van der Waals surface area contributed by atoms with Gasteiger partial charge in [0, 0.05) is 6.04 Å². The fourth-order valence-electron chi connectivity index (χ4n) is 3.61. The average molecular weight is 491 g/mol. The second-order valence-electron chi connectivity index (χ2n) is 7.52. The molecule has 1 saturated heterocycles. The number of nitrogens with one attached hydrogen (secondary N) is 2. The van der Waals surface area contributed by atoms with Gasteiger partial charge in [0.1, 0.15) is 4.83 Å². The Morgan fingerprint density at radius 3 is 2.93 bits per heavy atom. The normalized spacial score (nSPS) is 17.2. The van der Waals surface area contributed by atoms with Crippen LogP contribution in [0.25, 0.3) is 4.83 Å². The van der Waals surface area contributed by atoms with Crippen LogP contribution < -0.4 is 10.6 Å². The van der Waals surface area contributed by atoms with Crippen molar-refractivity contribution in [2.45, 2.75) is 39.2 Å². The maximum atomic E-state index is 12.8. The third-order valence-corrected chi connectivity index (χ3v) is 6.91. The molecule has 1 aliphatic heterocycles. The highest BCUT2D eigenvalue weighted by molar-refractivity contribution is 9.11. The standard InChI is InChI=1S/C20H23BrN6O2S/c1-12-5-3-4-6-26(12)11-18(28)24-14-7-16(13(2)22-8-14)25-19(29)15-9-23-27-10-17(21)30-20(15)27/h7-10,12H,3-6,11H2,1-2H3,(H,24,28)(H,25,29). The van der Waals surface area contributed by atoms with Crippen LogP contribution in [0.5, 0.6) is 0 Å². The molecule has 4 rings (SSSR count). The number of carbonyl (C=O) groups is 2. The van der Waals surface area contributed by atoms with E-state index >= 15 is 0 Å². The number of hydrogen-bond donors (Lipinski definition) is 2. The SMILES string of the molecule is Cc1ncc(NC(=O)CN2CCCCC2C)cc1NC(=O)c1cnn2cc(Br)sc12. The summed E-state index contributed by atoms with van der Waals surface area (Å²) in [6.45, 7) is 5.28. The van der Waals surface area contributed by atoms with Gasteiger partial charge in [-0.25, -0.2) is 4.52 Å². The van der Waals surface area contributed by atoms with E-state index in [4.69, 9.17) is 0 Å². The molecule has 1 aliphatic rings. The zero-order valence-electron chi connectivity index (χ0n) is 16.8. The van der Waals surface area contributed by atoms with Crippen LogP contribution in [0, 0.1) is 6.92 Å². The van der Waals surface area contributed by atoms with Crippen molar-refractivity contribution in [3.63, 3.8) is 0 Å². The molecule has 0 aliphatic carbocycles. The number of thiazole rings is 1. The summed E-state index contributed by atoms with van der Waals surface area (Å²) in [6.07, 6.45) is 8.43. The molecule has 1 fully saturated rings. The zero-order chi connectivity index (χ0) is 21.3. The van der Waals surface area contributed by atoms with Crippen LogP contribution >= 0.6 is 27.3 Å². The van der Waals surface area contributed by atoms with Crippen LogP contribution in [0.1, 0.15) is 42.2 Å². The lowest BCUT2D eigenvalue weighted by molar-refractivity contribution is -0.118. The van der Waals surface area contributed by atoms with E-state index in [9.17, 15) is 9.59 Å². The number of carbonyl (C=O) groups excluding carboxylic acids is 2. The van der Waals surface area contributed by atoms with Crippen molar-refractivity contribution in [1.82, 2.24) is 19.5 Å². The molecule has 0 saturated carbocycles. The number of halogens is 1. The van der Waals surface area contributed by atoms with Crippen LogP contribution in [0.3, 0.4) is 0 Å². The predicted octanol–water partition coefficient (Wildman–Crippen LogP) is 3.93. The summed E-state index contributed by atoms with van der Waals surface area (Å²) in [7, 11) is 0. The Bertz CT molecular complexity index is 1090. The minimum atomic E-state index is -0.269. The van der Waals surface area contributed by atoms with E-state index in [0.29, 0.717) is 35.2 Å². The number of pyridine rings is 1. The number of aryl methyl sites for hydroxylation is 1. The molecular weight excluding hydrogens is 468 g/mol. The summed E-state index contributed by atoms with van der Waals surface area (Å²) in [4.78, 5) is 32.6. The van der Waals surface area contributed by atoms with Crippen molar-refractivity contribution >= 4 is 55.3 Å². The molecule has 2 amide bonds. The quantitative estimate of drug-likeness (QED) is 0.565. The first kappa shape index (κ1) is 21.0. The molecular formula is C20H23BrN6O2S. The van der Waals surface area contributed by atoms with Gasteiger partial charge in [0.25, 0.3) is 5.91 Å². The largest absolute Gasteiger partial charge is 0.324 e. The number of hydrogen-bond acceptors (Lipinski definition) is 6. The third-order valence-electron chi connectivity index (χ3n) is 5.32. The second-order valence-corrected chi connectivity index (χ2v) is 9.93. The molecule has 0 aromatic carbocycles. The third kappa shape index (κ3) is 4.55. The van der Waals surface area contributed by atoms with E-state index in [1.54, 1.807) is 23.0 Å². The van der Waals surface area contributed by atoms with Crippen LogP contribution in [0.4, 0.5) is 11.4 Å². The first-order valence-electron chi connectivity index (χ1n) is 9.85. The molecule has 30 heavy (non-hydrogen) atoms. The Morgan fingerprint density at radius 1 is 1.30 bits per heavy atom. The molecule has 0 radical (unpaired) electrons. The zero-order valence-corrected chi connectivity index (χ0v) is 19.2. The summed E-state index contributed by atoms with van der Waals surface area (Å²) >= 11 is 4.85. The Balaban J connectivity index is 1.45.